The minimum Gasteiger partial charge on any atom is -0.384 e. The first-order valence-electron chi connectivity index (χ1n) is 4.32. The molecule has 2 unspecified atom stereocenters. The van der Waals surface area contributed by atoms with Gasteiger partial charge in [-0.15, -0.1) is 15.8 Å². The fourth-order valence-corrected chi connectivity index (χ4v) is 1.71. The third-order valence-electron chi connectivity index (χ3n) is 2.13. The van der Waals surface area contributed by atoms with Gasteiger partial charge in [0.1, 0.15) is 0 Å². The maximum atomic E-state index is 10.2. The van der Waals surface area contributed by atoms with E-state index in [2.05, 4.69) is 15.8 Å². The molecule has 0 heterocycles. The zero-order chi connectivity index (χ0) is 9.73. The zero-order valence-corrected chi connectivity index (χ0v) is 8.76. The number of aliphatic hydroxyl groups is 1. The van der Waals surface area contributed by atoms with Crippen LogP contribution < -0.4 is 0 Å². The first kappa shape index (κ1) is 10.4. The Morgan fingerprint density at radius 3 is 2.46 bits per heavy atom. The number of rotatable bonds is 4. The maximum Gasteiger partial charge on any atom is 0.0964 e. The lowest BCUT2D eigenvalue weighted by atomic mass is 9.92. The molecule has 0 spiro atoms. The highest BCUT2D eigenvalue weighted by atomic mass is 31.0. The van der Waals surface area contributed by atoms with Crippen molar-refractivity contribution in [1.82, 2.24) is 0 Å². The van der Waals surface area contributed by atoms with E-state index in [4.69, 9.17) is 0 Å². The molecule has 1 rings (SSSR count). The highest BCUT2D eigenvalue weighted by molar-refractivity contribution is 7.16. The minimum atomic E-state index is -0.770. The van der Waals surface area contributed by atoms with E-state index >= 15 is 0 Å². The molecule has 0 saturated heterocycles. The van der Waals surface area contributed by atoms with Crippen molar-refractivity contribution in [1.29, 1.82) is 0 Å². The van der Waals surface area contributed by atoms with E-state index in [9.17, 15) is 5.11 Å². The van der Waals surface area contributed by atoms with Gasteiger partial charge in [0.05, 0.1) is 5.60 Å². The van der Waals surface area contributed by atoms with Crippen molar-refractivity contribution in [3.8, 4) is 0 Å². The normalized spacial score (nSPS) is 14.9. The van der Waals surface area contributed by atoms with Crippen LogP contribution in [0.1, 0.15) is 12.0 Å². The zero-order valence-electron chi connectivity index (χ0n) is 7.61. The number of benzene rings is 1. The molecule has 0 amide bonds. The monoisotopic (exact) mass is 194 g/mol. The molecular formula is C11H15OP. The van der Waals surface area contributed by atoms with Gasteiger partial charge in [-0.3, -0.25) is 0 Å². The van der Waals surface area contributed by atoms with Crippen LogP contribution in [0, 0.1) is 0 Å². The molecule has 0 aromatic heterocycles. The second-order valence-electron chi connectivity index (χ2n) is 3.09. The predicted molar refractivity (Wildman–Crippen MR) is 59.7 cm³/mol. The average molecular weight is 194 g/mol. The van der Waals surface area contributed by atoms with Crippen molar-refractivity contribution in [3.05, 3.63) is 48.6 Å². The molecule has 0 aliphatic rings. The number of hydrogen-bond donors (Lipinski definition) is 1. The van der Waals surface area contributed by atoms with Crippen molar-refractivity contribution >= 4 is 9.24 Å². The van der Waals surface area contributed by atoms with Gasteiger partial charge in [0.15, 0.2) is 0 Å². The van der Waals surface area contributed by atoms with Crippen LogP contribution in [-0.2, 0) is 5.60 Å². The van der Waals surface area contributed by atoms with E-state index < -0.39 is 5.60 Å². The summed E-state index contributed by atoms with van der Waals surface area (Å²) >= 11 is 0. The van der Waals surface area contributed by atoms with Gasteiger partial charge in [0, 0.05) is 0 Å². The third-order valence-corrected chi connectivity index (χ3v) is 2.81. The van der Waals surface area contributed by atoms with E-state index in [1.54, 1.807) is 6.08 Å². The van der Waals surface area contributed by atoms with Crippen molar-refractivity contribution in [2.75, 3.05) is 6.16 Å². The summed E-state index contributed by atoms with van der Waals surface area (Å²) in [7, 11) is 2.57. The molecule has 70 valence electrons. The van der Waals surface area contributed by atoms with Crippen LogP contribution in [0.4, 0.5) is 0 Å². The summed E-state index contributed by atoms with van der Waals surface area (Å²) in [6.07, 6.45) is 2.96. The quantitative estimate of drug-likeness (QED) is 0.576. The molecule has 0 aliphatic heterocycles. The molecule has 1 aromatic carbocycles. The first-order valence-corrected chi connectivity index (χ1v) is 5.13. The second kappa shape index (κ2) is 4.55. The Hall–Kier alpha value is -0.650. The van der Waals surface area contributed by atoms with E-state index in [0.29, 0.717) is 12.6 Å². The van der Waals surface area contributed by atoms with Gasteiger partial charge in [-0.05, 0) is 18.1 Å². The summed E-state index contributed by atoms with van der Waals surface area (Å²) in [5, 5.41) is 10.2. The lowest BCUT2D eigenvalue weighted by molar-refractivity contribution is 0.0657. The van der Waals surface area contributed by atoms with Gasteiger partial charge in [-0.25, -0.2) is 0 Å². The molecule has 13 heavy (non-hydrogen) atoms. The average Bonchev–Trinajstić information content (AvgIpc) is 2.19. The van der Waals surface area contributed by atoms with Crippen LogP contribution in [0.15, 0.2) is 43.0 Å². The highest BCUT2D eigenvalue weighted by Gasteiger charge is 2.24. The molecule has 0 fully saturated rings. The summed E-state index contributed by atoms with van der Waals surface area (Å²) < 4.78 is 0. The fraction of sp³-hybridized carbons (Fsp3) is 0.273. The van der Waals surface area contributed by atoms with E-state index in [0.717, 1.165) is 5.56 Å². The topological polar surface area (TPSA) is 20.2 Å². The molecule has 1 N–H and O–H groups in total. The van der Waals surface area contributed by atoms with Crippen LogP contribution >= 0.6 is 9.24 Å². The third kappa shape index (κ3) is 2.40. The van der Waals surface area contributed by atoms with Crippen molar-refractivity contribution in [2.45, 2.75) is 12.0 Å². The molecule has 0 bridgehead atoms. The van der Waals surface area contributed by atoms with Gasteiger partial charge in [-0.2, -0.15) is 0 Å². The van der Waals surface area contributed by atoms with Crippen LogP contribution in [0.25, 0.3) is 0 Å². The Bertz CT molecular complexity index is 271. The standard InChI is InChI=1S/C11H15OP/c1-2-8-11(12,9-13)10-6-4-3-5-7-10/h2-7,12H,1,8-9,13H2. The Kier molecular flexibility index (Phi) is 3.65. The fourth-order valence-electron chi connectivity index (χ4n) is 1.31. The maximum absolute atomic E-state index is 10.2. The molecule has 0 aliphatic carbocycles. The Labute approximate surface area is 81.7 Å². The lowest BCUT2D eigenvalue weighted by Gasteiger charge is -2.25. The van der Waals surface area contributed by atoms with E-state index in [1.165, 1.54) is 0 Å². The Morgan fingerprint density at radius 1 is 1.38 bits per heavy atom. The molecule has 0 radical (unpaired) electrons. The summed E-state index contributed by atoms with van der Waals surface area (Å²) in [6, 6.07) is 9.69. The van der Waals surface area contributed by atoms with Gasteiger partial charge < -0.3 is 5.11 Å². The lowest BCUT2D eigenvalue weighted by Crippen LogP contribution is -2.26. The largest absolute Gasteiger partial charge is 0.384 e. The summed E-state index contributed by atoms with van der Waals surface area (Å²) in [5.74, 6) is 0. The molecule has 2 atom stereocenters. The first-order chi connectivity index (χ1) is 6.23. The molecule has 2 heteroatoms. The summed E-state index contributed by atoms with van der Waals surface area (Å²) in [5.41, 5.74) is 0.179. The van der Waals surface area contributed by atoms with Crippen LogP contribution in [0.2, 0.25) is 0 Å². The SMILES string of the molecule is C=CCC(O)(CP)c1ccccc1. The molecule has 0 saturated carbocycles. The summed E-state index contributed by atoms with van der Waals surface area (Å²) in [4.78, 5) is 0. The highest BCUT2D eigenvalue weighted by Crippen LogP contribution is 2.27. The van der Waals surface area contributed by atoms with Crippen LogP contribution in [-0.4, -0.2) is 11.3 Å². The van der Waals surface area contributed by atoms with E-state index in [-0.39, 0.29) is 0 Å². The smallest absolute Gasteiger partial charge is 0.0964 e. The summed E-state index contributed by atoms with van der Waals surface area (Å²) in [6.45, 7) is 3.65. The Balaban J connectivity index is 2.95. The van der Waals surface area contributed by atoms with Gasteiger partial charge in [-0.1, -0.05) is 36.4 Å². The molecule has 1 aromatic rings. The van der Waals surface area contributed by atoms with Crippen molar-refractivity contribution < 1.29 is 5.11 Å². The minimum absolute atomic E-state index is 0.584. The van der Waals surface area contributed by atoms with Crippen molar-refractivity contribution in [3.63, 3.8) is 0 Å². The van der Waals surface area contributed by atoms with Gasteiger partial charge in [0.25, 0.3) is 0 Å². The van der Waals surface area contributed by atoms with Crippen LogP contribution in [0.5, 0.6) is 0 Å². The van der Waals surface area contributed by atoms with Crippen molar-refractivity contribution in [2.24, 2.45) is 0 Å². The number of hydrogen-bond acceptors (Lipinski definition) is 1. The van der Waals surface area contributed by atoms with Gasteiger partial charge >= 0.3 is 0 Å². The predicted octanol–water partition coefficient (Wildman–Crippen LogP) is 2.33. The van der Waals surface area contributed by atoms with Crippen LogP contribution in [0.3, 0.4) is 0 Å². The molecule has 1 nitrogen and oxygen atoms in total. The second-order valence-corrected chi connectivity index (χ2v) is 3.50. The van der Waals surface area contributed by atoms with Gasteiger partial charge in [0.2, 0.25) is 0 Å². The van der Waals surface area contributed by atoms with E-state index in [1.807, 2.05) is 30.3 Å². The molecular weight excluding hydrogens is 179 g/mol. The Morgan fingerprint density at radius 2 is 2.00 bits per heavy atom.